The van der Waals surface area contributed by atoms with E-state index in [1.165, 1.54) is 75.9 Å². The van der Waals surface area contributed by atoms with Crippen LogP contribution in [0.5, 0.6) is 0 Å². The van der Waals surface area contributed by atoms with Gasteiger partial charge in [0.15, 0.2) is 5.78 Å². The molecule has 4 aromatic rings. The van der Waals surface area contributed by atoms with E-state index in [0.717, 1.165) is 36.9 Å². The van der Waals surface area contributed by atoms with E-state index in [-0.39, 0.29) is 48.9 Å². The molecule has 0 amide bonds. The SMILES string of the molecule is CC(C)c1cc(-c2nccc3c2C(C)(C)C(c2ccc(C4CCC(C)(C)CC4)cc2)=C3)[c-]c2ccccc12.CCC(CC)C(=O)/C=C(\O)C(CC)CC.[Ir]. The van der Waals surface area contributed by atoms with Crippen molar-refractivity contribution in [2.24, 2.45) is 17.3 Å². The molecule has 4 heteroatoms. The minimum atomic E-state index is -0.146. The van der Waals surface area contributed by atoms with E-state index < -0.39 is 0 Å². The molecule has 0 bridgehead atoms. The van der Waals surface area contributed by atoms with E-state index in [2.05, 4.69) is 114 Å². The molecule has 0 saturated heterocycles. The standard InChI is InChI=1S/C37H40N.C13H24O2.Ir/c1-24(2)32-22-30(21-28-9-7-8-10-31(28)32)35-34-29(17-20-38-35)23-33(37(34,5)6)27-13-11-25(12-14-27)26-15-18-36(3,4)19-16-26;1-5-10(6-2)12(14)9-13(15)11(7-3)8-4;/h7-14,17,20,22-24,26H,15-16,18-19H2,1-6H3;9-11,14H,5-8H2,1-4H3;/q-1;;/b;12-9-;. The predicted octanol–water partition coefficient (Wildman–Crippen LogP) is 14.2. The Morgan fingerprint density at radius 3 is 2.09 bits per heavy atom. The van der Waals surface area contributed by atoms with Crippen LogP contribution in [-0.4, -0.2) is 15.9 Å². The van der Waals surface area contributed by atoms with Crippen molar-refractivity contribution in [3.63, 3.8) is 0 Å². The summed E-state index contributed by atoms with van der Waals surface area (Å²) in [5, 5.41) is 12.2. The number of nitrogens with zero attached hydrogens (tertiary/aromatic N) is 1. The first-order chi connectivity index (χ1) is 25.2. The number of carbonyl (C=O) groups excluding carboxylic acids is 1. The fraction of sp³-hybridized carbons (Fsp3) is 0.480. The summed E-state index contributed by atoms with van der Waals surface area (Å²) in [6, 6.07) is 26.4. The van der Waals surface area contributed by atoms with Crippen molar-refractivity contribution in [1.29, 1.82) is 0 Å². The maximum absolute atomic E-state index is 11.7. The average molecular weight is 903 g/mol. The first-order valence-electron chi connectivity index (χ1n) is 20.5. The maximum Gasteiger partial charge on any atom is 0.162 e. The van der Waals surface area contributed by atoms with E-state index >= 15 is 0 Å². The molecular formula is C50H64IrNO2-. The number of carbonyl (C=O) groups is 1. The van der Waals surface area contributed by atoms with Crippen LogP contribution in [0.2, 0.25) is 0 Å². The van der Waals surface area contributed by atoms with E-state index in [0.29, 0.717) is 17.3 Å². The topological polar surface area (TPSA) is 50.2 Å². The first-order valence-corrected chi connectivity index (χ1v) is 20.5. The Balaban J connectivity index is 0.000000347. The van der Waals surface area contributed by atoms with Gasteiger partial charge < -0.3 is 5.11 Å². The molecule has 291 valence electrons. The van der Waals surface area contributed by atoms with Crippen LogP contribution in [0.1, 0.15) is 160 Å². The van der Waals surface area contributed by atoms with Gasteiger partial charge in [0.05, 0.1) is 5.76 Å². The van der Waals surface area contributed by atoms with Gasteiger partial charge in [-0.05, 0) is 103 Å². The summed E-state index contributed by atoms with van der Waals surface area (Å²) in [7, 11) is 0. The number of allylic oxidation sites excluding steroid dienone is 3. The van der Waals surface area contributed by atoms with Gasteiger partial charge in [0.1, 0.15) is 0 Å². The van der Waals surface area contributed by atoms with Crippen molar-refractivity contribution in [3.05, 3.63) is 113 Å². The van der Waals surface area contributed by atoms with Crippen LogP contribution in [0.15, 0.2) is 78.7 Å². The Kier molecular flexibility index (Phi) is 14.9. The molecule has 0 atom stereocenters. The minimum absolute atomic E-state index is 0. The van der Waals surface area contributed by atoms with E-state index in [1.807, 2.05) is 33.9 Å². The molecule has 0 unspecified atom stereocenters. The van der Waals surface area contributed by atoms with Crippen LogP contribution in [0.4, 0.5) is 0 Å². The molecular weight excluding hydrogens is 839 g/mol. The third-order valence-electron chi connectivity index (χ3n) is 12.4. The predicted molar refractivity (Wildman–Crippen MR) is 226 cm³/mol. The summed E-state index contributed by atoms with van der Waals surface area (Å²) in [5.41, 5.74) is 10.7. The molecule has 1 aromatic heterocycles. The number of hydrogen-bond acceptors (Lipinski definition) is 3. The number of aromatic nitrogens is 1. The number of aliphatic hydroxyl groups excluding tert-OH is 1. The van der Waals surface area contributed by atoms with E-state index in [4.69, 9.17) is 4.98 Å². The largest absolute Gasteiger partial charge is 0.512 e. The molecule has 3 nitrogen and oxygen atoms in total. The van der Waals surface area contributed by atoms with Crippen molar-refractivity contribution in [1.82, 2.24) is 4.98 Å². The molecule has 1 N–H and O–H groups in total. The summed E-state index contributed by atoms with van der Waals surface area (Å²) < 4.78 is 0. The molecule has 1 heterocycles. The van der Waals surface area contributed by atoms with Gasteiger partial charge >= 0.3 is 0 Å². The van der Waals surface area contributed by atoms with Gasteiger partial charge in [0, 0.05) is 55.3 Å². The molecule has 1 saturated carbocycles. The zero-order chi connectivity index (χ0) is 38.5. The molecule has 54 heavy (non-hydrogen) atoms. The van der Waals surface area contributed by atoms with Crippen LogP contribution >= 0.6 is 0 Å². The number of aliphatic hydroxyl groups is 1. The van der Waals surface area contributed by atoms with Crippen LogP contribution < -0.4 is 0 Å². The van der Waals surface area contributed by atoms with Gasteiger partial charge in [-0.25, -0.2) is 0 Å². The van der Waals surface area contributed by atoms with Gasteiger partial charge in [0.25, 0.3) is 0 Å². The molecule has 1 fully saturated rings. The zero-order valence-electron chi connectivity index (χ0n) is 34.6. The quantitative estimate of drug-likeness (QED) is 0.0927. The number of fused-ring (bicyclic) bond motifs is 2. The van der Waals surface area contributed by atoms with Gasteiger partial charge in [-0.1, -0.05) is 129 Å². The first kappa shape index (κ1) is 43.4. The Labute approximate surface area is 340 Å². The second-order valence-corrected chi connectivity index (χ2v) is 17.2. The third kappa shape index (κ3) is 9.54. The molecule has 2 aliphatic rings. The van der Waals surface area contributed by atoms with Crippen molar-refractivity contribution in [2.75, 3.05) is 0 Å². The van der Waals surface area contributed by atoms with Crippen LogP contribution in [0.25, 0.3) is 33.7 Å². The maximum atomic E-state index is 11.7. The van der Waals surface area contributed by atoms with Crippen molar-refractivity contribution in [2.45, 2.75) is 138 Å². The zero-order valence-corrected chi connectivity index (χ0v) is 37.0. The fourth-order valence-electron chi connectivity index (χ4n) is 8.68. The monoisotopic (exact) mass is 903 g/mol. The Hall–Kier alpha value is -3.33. The summed E-state index contributed by atoms with van der Waals surface area (Å²) in [6.07, 6.45) is 14.5. The van der Waals surface area contributed by atoms with Gasteiger partial charge in [-0.2, -0.15) is 0 Å². The van der Waals surface area contributed by atoms with Crippen molar-refractivity contribution in [3.8, 4) is 11.3 Å². The number of benzene rings is 3. The fourth-order valence-corrected chi connectivity index (χ4v) is 8.68. The van der Waals surface area contributed by atoms with Crippen molar-refractivity contribution < 1.29 is 30.0 Å². The van der Waals surface area contributed by atoms with Crippen LogP contribution in [-0.2, 0) is 30.3 Å². The number of rotatable bonds is 11. The molecule has 6 rings (SSSR count). The summed E-state index contributed by atoms with van der Waals surface area (Å²) in [4.78, 5) is 16.7. The average Bonchev–Trinajstić information content (AvgIpc) is 3.42. The van der Waals surface area contributed by atoms with E-state index in [1.54, 1.807) is 0 Å². The van der Waals surface area contributed by atoms with Gasteiger partial charge in [-0.3, -0.25) is 9.78 Å². The third-order valence-corrected chi connectivity index (χ3v) is 12.4. The summed E-state index contributed by atoms with van der Waals surface area (Å²) in [5.74, 6) is 1.68. The molecule has 1 radical (unpaired) electrons. The number of pyridine rings is 1. The Bertz CT molecular complexity index is 1930. The summed E-state index contributed by atoms with van der Waals surface area (Å²) in [6.45, 7) is 22.2. The van der Waals surface area contributed by atoms with Crippen molar-refractivity contribution >= 4 is 28.2 Å². The van der Waals surface area contributed by atoms with Gasteiger partial charge in [0.2, 0.25) is 0 Å². The Morgan fingerprint density at radius 2 is 1.50 bits per heavy atom. The van der Waals surface area contributed by atoms with Crippen LogP contribution in [0, 0.1) is 23.3 Å². The van der Waals surface area contributed by atoms with E-state index in [9.17, 15) is 9.90 Å². The second-order valence-electron chi connectivity index (χ2n) is 17.2. The smallest absolute Gasteiger partial charge is 0.162 e. The number of ketones is 1. The minimum Gasteiger partial charge on any atom is -0.512 e. The molecule has 2 aliphatic carbocycles. The number of hydrogen-bond donors (Lipinski definition) is 1. The normalized spacial score (nSPS) is 16.5. The van der Waals surface area contributed by atoms with Crippen LogP contribution in [0.3, 0.4) is 0 Å². The van der Waals surface area contributed by atoms with Gasteiger partial charge in [-0.15, -0.1) is 29.1 Å². The second kappa shape index (κ2) is 18.5. The Morgan fingerprint density at radius 1 is 0.889 bits per heavy atom. The summed E-state index contributed by atoms with van der Waals surface area (Å²) >= 11 is 0. The molecule has 0 aliphatic heterocycles. The molecule has 0 spiro atoms. The molecule has 3 aromatic carbocycles.